The Kier molecular flexibility index (Phi) is 9.06. The summed E-state index contributed by atoms with van der Waals surface area (Å²) in [5, 5.41) is 16.6. The Balaban J connectivity index is 1.57. The average Bonchev–Trinajstić information content (AvgIpc) is 3.43. The van der Waals surface area contributed by atoms with Crippen LogP contribution in [0, 0.1) is 6.92 Å². The lowest BCUT2D eigenvalue weighted by Gasteiger charge is -2.25. The fourth-order valence-corrected chi connectivity index (χ4v) is 5.76. The van der Waals surface area contributed by atoms with Crippen molar-refractivity contribution in [1.29, 1.82) is 0 Å². The van der Waals surface area contributed by atoms with Crippen LogP contribution in [0.1, 0.15) is 39.2 Å². The number of rotatable bonds is 12. The van der Waals surface area contributed by atoms with Crippen molar-refractivity contribution < 1.29 is 37.4 Å². The molecule has 1 unspecified atom stereocenters. The van der Waals surface area contributed by atoms with Crippen LogP contribution in [0.5, 0.6) is 5.75 Å². The van der Waals surface area contributed by atoms with Gasteiger partial charge in [0.05, 0.1) is 20.0 Å². The predicted octanol–water partition coefficient (Wildman–Crippen LogP) is 3.30. The smallest absolute Gasteiger partial charge is 0.459 e. The number of aliphatic hydroxyl groups is 1. The summed E-state index contributed by atoms with van der Waals surface area (Å²) in [5.74, 6) is 0.443. The second-order valence-electron chi connectivity index (χ2n) is 9.56. The standard InChI is InChI=1S/C25H34FN6O7P/c1-6-12-27-21-19-22(30-16(3)29-21)32(14-28-19)24-25(4,26)20(33)18(38-24)13-37-40(35,31-15(2)23(34)36-5)39-17-10-8-7-9-11-17/h7-11,14-15,18,20,24,33H,6,12-13H2,1-5H3,(H,31,35)(H,27,29,30)/t15-,18+,20+,24+,25+,40?/m0/s1. The molecule has 0 radical (unpaired) electrons. The number of fused-ring (bicyclic) bond motifs is 1. The fraction of sp³-hybridized carbons (Fsp3) is 0.520. The summed E-state index contributed by atoms with van der Waals surface area (Å²) in [7, 11) is -3.06. The van der Waals surface area contributed by atoms with Crippen molar-refractivity contribution in [2.75, 3.05) is 25.6 Å². The number of hydrogen-bond donors (Lipinski definition) is 3. The highest BCUT2D eigenvalue weighted by Gasteiger charge is 2.56. The summed E-state index contributed by atoms with van der Waals surface area (Å²) in [6.07, 6.45) is -2.05. The Morgan fingerprint density at radius 1 is 1.32 bits per heavy atom. The normalized spacial score (nSPS) is 24.9. The third-order valence-electron chi connectivity index (χ3n) is 6.33. The molecule has 1 aliphatic heterocycles. The minimum Gasteiger partial charge on any atom is -0.468 e. The number of para-hydroxylation sites is 1. The van der Waals surface area contributed by atoms with Crippen LogP contribution in [0.15, 0.2) is 36.7 Å². The van der Waals surface area contributed by atoms with Crippen molar-refractivity contribution in [3.05, 3.63) is 42.5 Å². The number of aryl methyl sites for hydroxylation is 1. The van der Waals surface area contributed by atoms with Crippen molar-refractivity contribution in [3.8, 4) is 5.75 Å². The molecule has 1 aliphatic rings. The van der Waals surface area contributed by atoms with Gasteiger partial charge in [0.2, 0.25) is 0 Å². The lowest BCUT2D eigenvalue weighted by Crippen LogP contribution is -2.41. The Morgan fingerprint density at radius 3 is 2.73 bits per heavy atom. The molecule has 0 amide bonds. The molecule has 1 saturated heterocycles. The molecule has 3 aromatic rings. The Labute approximate surface area is 231 Å². The molecule has 2 aromatic heterocycles. The van der Waals surface area contributed by atoms with E-state index in [0.29, 0.717) is 29.4 Å². The van der Waals surface area contributed by atoms with Gasteiger partial charge in [0, 0.05) is 6.54 Å². The maximum Gasteiger partial charge on any atom is 0.459 e. The molecule has 40 heavy (non-hydrogen) atoms. The van der Waals surface area contributed by atoms with Gasteiger partial charge in [-0.3, -0.25) is 13.9 Å². The number of benzene rings is 1. The molecule has 1 fully saturated rings. The zero-order valence-electron chi connectivity index (χ0n) is 22.9. The van der Waals surface area contributed by atoms with Crippen molar-refractivity contribution >= 4 is 30.7 Å². The van der Waals surface area contributed by atoms with E-state index in [4.69, 9.17) is 13.8 Å². The fourth-order valence-electron chi connectivity index (χ4n) is 4.26. The van der Waals surface area contributed by atoms with Gasteiger partial charge in [0.1, 0.15) is 29.8 Å². The first kappa shape index (κ1) is 29.8. The molecule has 218 valence electrons. The van der Waals surface area contributed by atoms with E-state index in [0.717, 1.165) is 6.42 Å². The van der Waals surface area contributed by atoms with E-state index in [-0.39, 0.29) is 5.75 Å². The van der Waals surface area contributed by atoms with Crippen LogP contribution in [-0.4, -0.2) is 74.8 Å². The molecule has 0 saturated carbocycles. The number of carbonyl (C=O) groups excluding carboxylic acids is 1. The van der Waals surface area contributed by atoms with E-state index >= 15 is 4.39 Å². The second kappa shape index (κ2) is 12.1. The number of nitrogens with zero attached hydrogens (tertiary/aromatic N) is 4. The highest BCUT2D eigenvalue weighted by atomic mass is 31.2. The van der Waals surface area contributed by atoms with Gasteiger partial charge in [0.15, 0.2) is 28.9 Å². The third kappa shape index (κ3) is 6.26. The third-order valence-corrected chi connectivity index (χ3v) is 7.97. The number of esters is 1. The summed E-state index contributed by atoms with van der Waals surface area (Å²) < 4.78 is 52.8. The maximum atomic E-state index is 16.0. The monoisotopic (exact) mass is 580 g/mol. The van der Waals surface area contributed by atoms with Crippen LogP contribution in [0.25, 0.3) is 11.2 Å². The van der Waals surface area contributed by atoms with Crippen molar-refractivity contribution in [3.63, 3.8) is 0 Å². The van der Waals surface area contributed by atoms with Gasteiger partial charge in [-0.15, -0.1) is 0 Å². The second-order valence-corrected chi connectivity index (χ2v) is 11.3. The molecule has 0 bridgehead atoms. The molecule has 3 heterocycles. The van der Waals surface area contributed by atoms with E-state index in [1.165, 1.54) is 31.9 Å². The molecule has 3 N–H and O–H groups in total. The molecule has 13 nitrogen and oxygen atoms in total. The molecule has 1 aromatic carbocycles. The number of methoxy groups -OCH3 is 1. The van der Waals surface area contributed by atoms with Crippen LogP contribution in [0.2, 0.25) is 0 Å². The maximum absolute atomic E-state index is 16.0. The number of nitrogens with one attached hydrogen (secondary N) is 2. The van der Waals surface area contributed by atoms with E-state index in [1.54, 1.807) is 37.3 Å². The lowest BCUT2D eigenvalue weighted by atomic mass is 9.98. The van der Waals surface area contributed by atoms with Crippen molar-refractivity contribution in [2.45, 2.75) is 64.3 Å². The van der Waals surface area contributed by atoms with Gasteiger partial charge in [-0.05, 0) is 39.3 Å². The molecular weight excluding hydrogens is 546 g/mol. The number of ether oxygens (including phenoxy) is 2. The van der Waals surface area contributed by atoms with Crippen LogP contribution >= 0.6 is 7.75 Å². The minimum atomic E-state index is -4.24. The number of alkyl halides is 1. The summed E-state index contributed by atoms with van der Waals surface area (Å²) in [4.78, 5) is 25.1. The van der Waals surface area contributed by atoms with E-state index in [2.05, 4.69) is 30.1 Å². The topological polar surface area (TPSA) is 159 Å². The van der Waals surface area contributed by atoms with E-state index in [1.807, 2.05) is 6.92 Å². The molecule has 15 heteroatoms. The molecule has 4 rings (SSSR count). The first-order valence-electron chi connectivity index (χ1n) is 12.8. The van der Waals surface area contributed by atoms with Gasteiger partial charge >= 0.3 is 13.7 Å². The van der Waals surface area contributed by atoms with Gasteiger partial charge in [-0.2, -0.15) is 5.09 Å². The first-order chi connectivity index (χ1) is 19.0. The highest BCUT2D eigenvalue weighted by molar-refractivity contribution is 7.52. The first-order valence-corrected chi connectivity index (χ1v) is 14.4. The zero-order valence-corrected chi connectivity index (χ0v) is 23.8. The van der Waals surface area contributed by atoms with Gasteiger partial charge in [-0.25, -0.2) is 23.9 Å². The van der Waals surface area contributed by atoms with Crippen molar-refractivity contribution in [1.82, 2.24) is 24.6 Å². The SMILES string of the molecule is CCCNc1nc(C)nc2c1ncn2[C@@H]1O[C@H](COP(=O)(N[C@@H](C)C(=O)OC)Oc2ccccc2)[C@@H](O)[C@@]1(C)F. The van der Waals surface area contributed by atoms with Crippen LogP contribution < -0.4 is 14.9 Å². The van der Waals surface area contributed by atoms with Gasteiger partial charge in [-0.1, -0.05) is 25.1 Å². The summed E-state index contributed by atoms with van der Waals surface area (Å²) in [6.45, 7) is 6.45. The number of aliphatic hydroxyl groups excluding tert-OH is 1. The lowest BCUT2D eigenvalue weighted by molar-refractivity contribution is -0.142. The summed E-state index contributed by atoms with van der Waals surface area (Å²) >= 11 is 0. The Bertz CT molecular complexity index is 1370. The molecule has 6 atom stereocenters. The molecule has 0 aliphatic carbocycles. The number of imidazole rings is 1. The molecular formula is C25H34FN6O7P. The van der Waals surface area contributed by atoms with Crippen LogP contribution in [-0.2, 0) is 23.4 Å². The van der Waals surface area contributed by atoms with Crippen LogP contribution in [0.3, 0.4) is 0 Å². The van der Waals surface area contributed by atoms with Gasteiger partial charge in [0.25, 0.3) is 0 Å². The largest absolute Gasteiger partial charge is 0.468 e. The number of halogens is 1. The predicted molar refractivity (Wildman–Crippen MR) is 144 cm³/mol. The zero-order chi connectivity index (χ0) is 29.1. The van der Waals surface area contributed by atoms with Gasteiger partial charge < -0.3 is 24.4 Å². The van der Waals surface area contributed by atoms with E-state index < -0.39 is 50.5 Å². The number of anilines is 1. The Morgan fingerprint density at radius 2 is 2.05 bits per heavy atom. The average molecular weight is 581 g/mol. The summed E-state index contributed by atoms with van der Waals surface area (Å²) in [6, 6.07) is 7.10. The quantitative estimate of drug-likeness (QED) is 0.212. The minimum absolute atomic E-state index is 0.198. The summed E-state index contributed by atoms with van der Waals surface area (Å²) in [5.41, 5.74) is -1.57. The molecule has 0 spiro atoms. The highest BCUT2D eigenvalue weighted by Crippen LogP contribution is 2.48. The number of aromatic nitrogens is 4. The Hall–Kier alpha value is -3.16. The van der Waals surface area contributed by atoms with Crippen LogP contribution in [0.4, 0.5) is 10.2 Å². The van der Waals surface area contributed by atoms with E-state index in [9.17, 15) is 14.5 Å². The van der Waals surface area contributed by atoms with Crippen molar-refractivity contribution in [2.24, 2.45) is 0 Å². The number of hydrogen-bond acceptors (Lipinski definition) is 11. The number of carbonyl (C=O) groups is 1.